The fourth-order valence-electron chi connectivity index (χ4n) is 2.99. The Morgan fingerprint density at radius 3 is 2.64 bits per heavy atom. The fraction of sp³-hybridized carbons (Fsp3) is 0.765. The Balaban J connectivity index is 1.82. The van der Waals surface area contributed by atoms with Gasteiger partial charge in [0.25, 0.3) is 0 Å². The quantitative estimate of drug-likeness (QED) is 0.753. The minimum Gasteiger partial charge on any atom is -0.444 e. The molecule has 0 spiro atoms. The molecule has 1 heterocycles. The number of ether oxygens (including phenoxy) is 1. The fourth-order valence-corrected chi connectivity index (χ4v) is 2.99. The summed E-state index contributed by atoms with van der Waals surface area (Å²) in [6, 6.07) is 0.0536. The van der Waals surface area contributed by atoms with Gasteiger partial charge < -0.3 is 14.5 Å². The van der Waals surface area contributed by atoms with Crippen LogP contribution in [0.5, 0.6) is 0 Å². The first-order valence-corrected chi connectivity index (χ1v) is 8.16. The van der Waals surface area contributed by atoms with Gasteiger partial charge >= 0.3 is 6.09 Å². The summed E-state index contributed by atoms with van der Waals surface area (Å²) < 4.78 is 5.39. The van der Waals surface area contributed by atoms with E-state index in [0.29, 0.717) is 18.9 Å². The number of nitrogens with zero attached hydrogens (tertiary/aromatic N) is 2. The van der Waals surface area contributed by atoms with Crippen molar-refractivity contribution in [1.29, 1.82) is 0 Å². The van der Waals surface area contributed by atoms with Gasteiger partial charge in [0, 0.05) is 26.6 Å². The lowest BCUT2D eigenvalue weighted by Gasteiger charge is -2.28. The molecule has 0 aromatic rings. The molecule has 0 saturated carbocycles. The summed E-state index contributed by atoms with van der Waals surface area (Å²) >= 11 is 0. The Morgan fingerprint density at radius 1 is 1.32 bits per heavy atom. The molecule has 22 heavy (non-hydrogen) atoms. The monoisotopic (exact) mass is 308 g/mol. The van der Waals surface area contributed by atoms with E-state index in [1.807, 2.05) is 25.7 Å². The lowest BCUT2D eigenvalue weighted by atomic mass is 10.0. The van der Waals surface area contributed by atoms with Gasteiger partial charge in [0.05, 0.1) is 6.04 Å². The maximum Gasteiger partial charge on any atom is 0.410 e. The van der Waals surface area contributed by atoms with E-state index in [-0.39, 0.29) is 18.0 Å². The van der Waals surface area contributed by atoms with Gasteiger partial charge in [-0.15, -0.1) is 0 Å². The van der Waals surface area contributed by atoms with Gasteiger partial charge in [-0.2, -0.15) is 0 Å². The summed E-state index contributed by atoms with van der Waals surface area (Å²) in [4.78, 5) is 27.9. The van der Waals surface area contributed by atoms with Gasteiger partial charge in [-0.05, 0) is 46.0 Å². The van der Waals surface area contributed by atoms with E-state index in [1.54, 1.807) is 11.9 Å². The normalized spacial score (nSPS) is 24.6. The van der Waals surface area contributed by atoms with Crippen molar-refractivity contribution in [3.8, 4) is 0 Å². The first kappa shape index (κ1) is 16.8. The summed E-state index contributed by atoms with van der Waals surface area (Å²) in [7, 11) is 1.76. The lowest BCUT2D eigenvalue weighted by Crippen LogP contribution is -2.42. The molecule has 124 valence electrons. The number of likely N-dealkylation sites (N-methyl/N-ethyl adjacent to an activating group) is 1. The Kier molecular flexibility index (Phi) is 5.14. The summed E-state index contributed by atoms with van der Waals surface area (Å²) in [5.41, 5.74) is -0.492. The summed E-state index contributed by atoms with van der Waals surface area (Å²) in [5.74, 6) is 0.603. The number of amides is 2. The molecule has 0 N–H and O–H groups in total. The van der Waals surface area contributed by atoms with Crippen LogP contribution in [0.25, 0.3) is 0 Å². The number of carbonyl (C=O) groups excluding carboxylic acids is 2. The predicted octanol–water partition coefficient (Wildman–Crippen LogP) is 2.81. The summed E-state index contributed by atoms with van der Waals surface area (Å²) in [5, 5.41) is 0. The van der Waals surface area contributed by atoms with E-state index < -0.39 is 5.60 Å². The first-order chi connectivity index (χ1) is 10.3. The topological polar surface area (TPSA) is 49.9 Å². The zero-order valence-electron chi connectivity index (χ0n) is 14.2. The molecule has 0 radical (unpaired) electrons. The molecular weight excluding hydrogens is 280 g/mol. The molecule has 1 aliphatic carbocycles. The highest BCUT2D eigenvalue weighted by Crippen LogP contribution is 2.24. The van der Waals surface area contributed by atoms with Crippen molar-refractivity contribution in [2.24, 2.45) is 5.92 Å². The third kappa shape index (κ3) is 4.49. The molecule has 2 aliphatic rings. The number of likely N-dealkylation sites (tertiary alicyclic amines) is 1. The van der Waals surface area contributed by atoms with Crippen LogP contribution in [0, 0.1) is 5.92 Å². The van der Waals surface area contributed by atoms with Gasteiger partial charge in [0.1, 0.15) is 5.60 Å². The van der Waals surface area contributed by atoms with Crippen LogP contribution in [0.4, 0.5) is 4.79 Å². The highest BCUT2D eigenvalue weighted by atomic mass is 16.6. The van der Waals surface area contributed by atoms with Gasteiger partial charge in [-0.25, -0.2) is 4.79 Å². The van der Waals surface area contributed by atoms with Crippen molar-refractivity contribution in [3.05, 3.63) is 12.2 Å². The highest BCUT2D eigenvalue weighted by Gasteiger charge is 2.33. The van der Waals surface area contributed by atoms with Gasteiger partial charge in [0.15, 0.2) is 0 Å². The van der Waals surface area contributed by atoms with Crippen molar-refractivity contribution in [3.63, 3.8) is 0 Å². The smallest absolute Gasteiger partial charge is 0.410 e. The number of hydrogen-bond donors (Lipinski definition) is 0. The third-order valence-corrected chi connectivity index (χ3v) is 4.29. The molecule has 5 nitrogen and oxygen atoms in total. The van der Waals surface area contributed by atoms with Crippen LogP contribution >= 0.6 is 0 Å². The van der Waals surface area contributed by atoms with Crippen LogP contribution in [0.15, 0.2) is 12.2 Å². The molecule has 1 saturated heterocycles. The van der Waals surface area contributed by atoms with Crippen molar-refractivity contribution in [2.45, 2.75) is 58.1 Å². The zero-order chi connectivity index (χ0) is 16.3. The second-order valence-electron chi connectivity index (χ2n) is 7.34. The largest absolute Gasteiger partial charge is 0.444 e. The zero-order valence-corrected chi connectivity index (χ0v) is 14.2. The van der Waals surface area contributed by atoms with Crippen molar-refractivity contribution in [2.75, 3.05) is 20.1 Å². The number of rotatable bonds is 3. The molecule has 5 heteroatoms. The average molecular weight is 308 g/mol. The Morgan fingerprint density at radius 2 is 2.05 bits per heavy atom. The van der Waals surface area contributed by atoms with Crippen molar-refractivity contribution in [1.82, 2.24) is 9.80 Å². The SMILES string of the molecule is CN(C(=O)OC(C)(C)C)[C@@H]1CCN(C(=O)C[C@H]2C=CCC2)C1. The van der Waals surface area contributed by atoms with E-state index in [9.17, 15) is 9.59 Å². The molecule has 0 aromatic heterocycles. The summed E-state index contributed by atoms with van der Waals surface area (Å²) in [6.07, 6.45) is 7.58. The molecule has 1 aliphatic heterocycles. The highest BCUT2D eigenvalue weighted by molar-refractivity contribution is 5.77. The standard InChI is InChI=1S/C17H28N2O3/c1-17(2,3)22-16(21)18(4)14-9-10-19(12-14)15(20)11-13-7-5-6-8-13/h5,7,13-14H,6,8-12H2,1-4H3/t13-,14+/m0/s1. The number of allylic oxidation sites excluding steroid dienone is 2. The maximum atomic E-state index is 12.3. The molecule has 2 atom stereocenters. The molecule has 2 amide bonds. The maximum absolute atomic E-state index is 12.3. The van der Waals surface area contributed by atoms with Gasteiger partial charge in [-0.3, -0.25) is 4.79 Å². The van der Waals surface area contributed by atoms with Crippen LogP contribution < -0.4 is 0 Å². The average Bonchev–Trinajstić information content (AvgIpc) is 3.06. The molecule has 0 bridgehead atoms. The summed E-state index contributed by atoms with van der Waals surface area (Å²) in [6.45, 7) is 6.92. The van der Waals surface area contributed by atoms with E-state index in [4.69, 9.17) is 4.74 Å². The van der Waals surface area contributed by atoms with Gasteiger partial charge in [-0.1, -0.05) is 12.2 Å². The van der Waals surface area contributed by atoms with E-state index in [2.05, 4.69) is 12.2 Å². The lowest BCUT2D eigenvalue weighted by molar-refractivity contribution is -0.131. The first-order valence-electron chi connectivity index (χ1n) is 8.16. The minimum atomic E-state index is -0.492. The third-order valence-electron chi connectivity index (χ3n) is 4.29. The van der Waals surface area contributed by atoms with Crippen molar-refractivity contribution >= 4 is 12.0 Å². The Hall–Kier alpha value is -1.52. The second-order valence-corrected chi connectivity index (χ2v) is 7.34. The van der Waals surface area contributed by atoms with Crippen LogP contribution in [-0.2, 0) is 9.53 Å². The minimum absolute atomic E-state index is 0.0536. The molecule has 0 unspecified atom stereocenters. The Labute approximate surface area is 133 Å². The van der Waals surface area contributed by atoms with E-state index in [0.717, 1.165) is 25.8 Å². The van der Waals surface area contributed by atoms with Crippen LogP contribution in [0.2, 0.25) is 0 Å². The number of hydrogen-bond acceptors (Lipinski definition) is 3. The molecular formula is C17H28N2O3. The van der Waals surface area contributed by atoms with Gasteiger partial charge in [0.2, 0.25) is 5.91 Å². The van der Waals surface area contributed by atoms with E-state index in [1.165, 1.54) is 0 Å². The van der Waals surface area contributed by atoms with Crippen LogP contribution in [0.1, 0.15) is 46.5 Å². The molecule has 0 aromatic carbocycles. The second kappa shape index (κ2) is 6.71. The number of carbonyl (C=O) groups is 2. The van der Waals surface area contributed by atoms with Crippen LogP contribution in [-0.4, -0.2) is 53.6 Å². The van der Waals surface area contributed by atoms with E-state index >= 15 is 0 Å². The van der Waals surface area contributed by atoms with Crippen LogP contribution in [0.3, 0.4) is 0 Å². The molecule has 1 fully saturated rings. The van der Waals surface area contributed by atoms with Crippen molar-refractivity contribution < 1.29 is 14.3 Å². The molecule has 2 rings (SSSR count). The Bertz CT molecular complexity index is 453. The predicted molar refractivity (Wildman–Crippen MR) is 85.5 cm³/mol.